The highest BCUT2D eigenvalue weighted by atomic mass is 15.5. The van der Waals surface area contributed by atoms with Gasteiger partial charge in [0, 0.05) is 18.5 Å². The van der Waals surface area contributed by atoms with E-state index in [0.717, 1.165) is 41.0 Å². The molecule has 0 bridgehead atoms. The quantitative estimate of drug-likeness (QED) is 0.608. The zero-order chi connectivity index (χ0) is 15.9. The molecule has 1 aliphatic heterocycles. The molecule has 1 N–H and O–H groups in total. The van der Waals surface area contributed by atoms with E-state index in [4.69, 9.17) is 4.98 Å². The predicted octanol–water partition coefficient (Wildman–Crippen LogP) is 2.05. The van der Waals surface area contributed by atoms with E-state index >= 15 is 0 Å². The number of H-pyrrole nitrogens is 1. The molecule has 0 atom stereocenters. The van der Waals surface area contributed by atoms with Crippen molar-refractivity contribution in [1.82, 2.24) is 35.2 Å². The smallest absolute Gasteiger partial charge is 0.210 e. The number of anilines is 1. The third kappa shape index (κ3) is 1.96. The zero-order valence-corrected chi connectivity index (χ0v) is 13.1. The maximum Gasteiger partial charge on any atom is 0.210 e. The van der Waals surface area contributed by atoms with Crippen molar-refractivity contribution in [3.8, 4) is 11.4 Å². The summed E-state index contributed by atoms with van der Waals surface area (Å²) in [7, 11) is 0. The molecule has 0 amide bonds. The molecule has 1 aromatic carbocycles. The van der Waals surface area contributed by atoms with Crippen LogP contribution in [0.1, 0.15) is 19.3 Å². The number of para-hydroxylation sites is 1. The number of aromatic amines is 1. The number of benzene rings is 1. The van der Waals surface area contributed by atoms with Crippen molar-refractivity contribution in [2.24, 2.45) is 0 Å². The van der Waals surface area contributed by atoms with Gasteiger partial charge in [0.2, 0.25) is 5.82 Å². The van der Waals surface area contributed by atoms with Gasteiger partial charge in [0.25, 0.3) is 0 Å². The Morgan fingerprint density at radius 1 is 1.04 bits per heavy atom. The Balaban J connectivity index is 1.81. The monoisotopic (exact) mass is 320 g/mol. The Hall–Kier alpha value is -3.03. The maximum absolute atomic E-state index is 4.95. The summed E-state index contributed by atoms with van der Waals surface area (Å²) < 4.78 is 1.86. The SMILES string of the molecule is c1ccc2c(c1)c(N1CCCCC1)nc1c(-c3nn[nH]n3)cnn12. The third-order valence-corrected chi connectivity index (χ3v) is 4.57. The maximum atomic E-state index is 4.95. The van der Waals surface area contributed by atoms with Crippen molar-refractivity contribution in [2.75, 3.05) is 18.0 Å². The van der Waals surface area contributed by atoms with E-state index in [-0.39, 0.29) is 0 Å². The molecule has 1 aliphatic rings. The molecule has 4 aromatic rings. The molecule has 0 saturated carbocycles. The number of piperidine rings is 1. The van der Waals surface area contributed by atoms with Gasteiger partial charge in [-0.05, 0) is 36.6 Å². The summed E-state index contributed by atoms with van der Waals surface area (Å²) in [5.74, 6) is 1.53. The van der Waals surface area contributed by atoms with Crippen LogP contribution in [-0.2, 0) is 0 Å². The Morgan fingerprint density at radius 3 is 2.75 bits per heavy atom. The molecule has 120 valence electrons. The summed E-state index contributed by atoms with van der Waals surface area (Å²) >= 11 is 0. The first kappa shape index (κ1) is 13.4. The van der Waals surface area contributed by atoms with Gasteiger partial charge in [-0.2, -0.15) is 10.3 Å². The van der Waals surface area contributed by atoms with Crippen LogP contribution in [0, 0.1) is 0 Å². The fraction of sp³-hybridized carbons (Fsp3) is 0.312. The molecule has 3 aromatic heterocycles. The summed E-state index contributed by atoms with van der Waals surface area (Å²) in [6.45, 7) is 2.08. The fourth-order valence-electron chi connectivity index (χ4n) is 3.41. The van der Waals surface area contributed by atoms with E-state index in [1.807, 2.05) is 16.6 Å². The van der Waals surface area contributed by atoms with E-state index in [0.29, 0.717) is 5.82 Å². The van der Waals surface area contributed by atoms with E-state index < -0.39 is 0 Å². The minimum absolute atomic E-state index is 0.511. The first-order chi connectivity index (χ1) is 11.9. The number of hydrogen-bond donors (Lipinski definition) is 1. The molecular weight excluding hydrogens is 304 g/mol. The number of hydrogen-bond acceptors (Lipinski definition) is 6. The Morgan fingerprint density at radius 2 is 1.92 bits per heavy atom. The average Bonchev–Trinajstić information content (AvgIpc) is 3.31. The standard InChI is InChI=1S/C16H16N8/c1-4-8-23(9-5-1)15-11-6-2-3-7-13(11)24-16(18-15)12(10-17-24)14-19-21-22-20-14/h2-3,6-7,10H,1,4-5,8-9H2,(H,19,20,21,22). The highest BCUT2D eigenvalue weighted by molar-refractivity contribution is 5.93. The van der Waals surface area contributed by atoms with Gasteiger partial charge in [0.15, 0.2) is 5.65 Å². The topological polar surface area (TPSA) is 87.9 Å². The van der Waals surface area contributed by atoms with Crippen LogP contribution in [0.2, 0.25) is 0 Å². The predicted molar refractivity (Wildman–Crippen MR) is 89.7 cm³/mol. The number of rotatable bonds is 2. The second-order valence-corrected chi connectivity index (χ2v) is 6.03. The lowest BCUT2D eigenvalue weighted by molar-refractivity contribution is 0.575. The van der Waals surface area contributed by atoms with Crippen molar-refractivity contribution < 1.29 is 0 Å². The second-order valence-electron chi connectivity index (χ2n) is 6.03. The van der Waals surface area contributed by atoms with Crippen LogP contribution < -0.4 is 4.90 Å². The largest absolute Gasteiger partial charge is 0.356 e. The van der Waals surface area contributed by atoms with Crippen LogP contribution >= 0.6 is 0 Å². The molecule has 0 spiro atoms. The molecule has 0 radical (unpaired) electrons. The van der Waals surface area contributed by atoms with Crippen LogP contribution in [0.15, 0.2) is 30.5 Å². The van der Waals surface area contributed by atoms with Gasteiger partial charge in [0.1, 0.15) is 5.82 Å². The summed E-state index contributed by atoms with van der Waals surface area (Å²) in [6, 6.07) is 8.26. The summed E-state index contributed by atoms with van der Waals surface area (Å²) in [6.07, 6.45) is 5.45. The molecule has 5 rings (SSSR count). The minimum atomic E-state index is 0.511. The molecular formula is C16H16N8. The van der Waals surface area contributed by atoms with Crippen LogP contribution in [-0.4, -0.2) is 48.3 Å². The first-order valence-corrected chi connectivity index (χ1v) is 8.17. The van der Waals surface area contributed by atoms with Gasteiger partial charge in [-0.25, -0.2) is 9.50 Å². The second kappa shape index (κ2) is 5.26. The van der Waals surface area contributed by atoms with Crippen molar-refractivity contribution in [3.63, 3.8) is 0 Å². The van der Waals surface area contributed by atoms with Crippen LogP contribution in [0.4, 0.5) is 5.82 Å². The normalized spacial score (nSPS) is 15.4. The van der Waals surface area contributed by atoms with Gasteiger partial charge in [-0.1, -0.05) is 12.1 Å². The van der Waals surface area contributed by atoms with Crippen LogP contribution in [0.5, 0.6) is 0 Å². The zero-order valence-electron chi connectivity index (χ0n) is 13.1. The lowest BCUT2D eigenvalue weighted by Crippen LogP contribution is -2.30. The Bertz CT molecular complexity index is 998. The lowest BCUT2D eigenvalue weighted by Gasteiger charge is -2.28. The van der Waals surface area contributed by atoms with Crippen molar-refractivity contribution in [3.05, 3.63) is 30.5 Å². The highest BCUT2D eigenvalue weighted by Gasteiger charge is 2.20. The van der Waals surface area contributed by atoms with Crippen molar-refractivity contribution >= 4 is 22.4 Å². The van der Waals surface area contributed by atoms with Crippen molar-refractivity contribution in [2.45, 2.75) is 19.3 Å². The number of aromatic nitrogens is 7. The van der Waals surface area contributed by atoms with Crippen LogP contribution in [0.25, 0.3) is 27.9 Å². The Labute approximate surface area is 137 Å². The molecule has 0 aliphatic carbocycles. The van der Waals surface area contributed by atoms with Gasteiger partial charge < -0.3 is 4.90 Å². The van der Waals surface area contributed by atoms with Crippen molar-refractivity contribution in [1.29, 1.82) is 0 Å². The highest BCUT2D eigenvalue weighted by Crippen LogP contribution is 2.30. The number of fused-ring (bicyclic) bond motifs is 3. The summed E-state index contributed by atoms with van der Waals surface area (Å²) in [5, 5.41) is 19.9. The molecule has 0 unspecified atom stereocenters. The summed E-state index contributed by atoms with van der Waals surface area (Å²) in [4.78, 5) is 7.32. The number of tetrazole rings is 1. The molecule has 1 fully saturated rings. The number of nitrogens with one attached hydrogen (secondary N) is 1. The third-order valence-electron chi connectivity index (χ3n) is 4.57. The Kier molecular flexibility index (Phi) is 2.94. The van der Waals surface area contributed by atoms with E-state index in [1.54, 1.807) is 6.20 Å². The van der Waals surface area contributed by atoms with Gasteiger partial charge in [-0.15, -0.1) is 10.2 Å². The van der Waals surface area contributed by atoms with E-state index in [2.05, 4.69) is 42.8 Å². The van der Waals surface area contributed by atoms with Gasteiger partial charge >= 0.3 is 0 Å². The first-order valence-electron chi connectivity index (χ1n) is 8.17. The molecule has 8 nitrogen and oxygen atoms in total. The van der Waals surface area contributed by atoms with Gasteiger partial charge in [0.05, 0.1) is 17.3 Å². The minimum Gasteiger partial charge on any atom is -0.356 e. The molecule has 8 heteroatoms. The van der Waals surface area contributed by atoms with E-state index in [9.17, 15) is 0 Å². The van der Waals surface area contributed by atoms with Gasteiger partial charge in [-0.3, -0.25) is 0 Å². The molecule has 24 heavy (non-hydrogen) atoms. The fourth-order valence-corrected chi connectivity index (χ4v) is 3.41. The lowest BCUT2D eigenvalue weighted by atomic mass is 10.1. The number of nitrogens with zero attached hydrogens (tertiary/aromatic N) is 7. The van der Waals surface area contributed by atoms with Crippen LogP contribution in [0.3, 0.4) is 0 Å². The average molecular weight is 320 g/mol. The summed E-state index contributed by atoms with van der Waals surface area (Å²) in [5.41, 5.74) is 2.58. The molecule has 1 saturated heterocycles. The molecule has 4 heterocycles. The van der Waals surface area contributed by atoms with E-state index in [1.165, 1.54) is 19.3 Å².